The average molecular weight is 343 g/mol. The van der Waals surface area contributed by atoms with Gasteiger partial charge in [0, 0.05) is 13.0 Å². The summed E-state index contributed by atoms with van der Waals surface area (Å²) in [4.78, 5) is 22.5. The molecule has 2 atom stereocenters. The van der Waals surface area contributed by atoms with Crippen molar-refractivity contribution in [3.8, 4) is 0 Å². The first kappa shape index (κ1) is 22.6. The summed E-state index contributed by atoms with van der Waals surface area (Å²) in [5.74, 6) is -1.69. The Labute approximate surface area is 145 Å². The number of amides is 1. The molecule has 0 aromatic carbocycles. The minimum absolute atomic E-state index is 0.0414. The summed E-state index contributed by atoms with van der Waals surface area (Å²) in [7, 11) is 0. The van der Waals surface area contributed by atoms with Gasteiger partial charge in [0.2, 0.25) is 5.91 Å². The van der Waals surface area contributed by atoms with Crippen molar-refractivity contribution in [1.82, 2.24) is 5.32 Å². The van der Waals surface area contributed by atoms with E-state index in [0.717, 1.165) is 19.3 Å². The van der Waals surface area contributed by atoms with Gasteiger partial charge >= 0.3 is 5.97 Å². The second-order valence-corrected chi connectivity index (χ2v) is 6.08. The van der Waals surface area contributed by atoms with Crippen LogP contribution in [0.5, 0.6) is 0 Å². The molecule has 6 nitrogen and oxygen atoms in total. The Hall–Kier alpha value is -1.40. The van der Waals surface area contributed by atoms with E-state index >= 15 is 0 Å². The second-order valence-electron chi connectivity index (χ2n) is 6.08. The van der Waals surface area contributed by atoms with Crippen LogP contribution in [0, 0.1) is 0 Å². The smallest absolute Gasteiger partial charge is 0.326 e. The number of allylic oxidation sites excluding steroid dienone is 2. The molecule has 140 valence electrons. The van der Waals surface area contributed by atoms with E-state index in [4.69, 9.17) is 10.2 Å². The number of rotatable bonds is 15. The third-order valence-electron chi connectivity index (χ3n) is 3.77. The maximum Gasteiger partial charge on any atom is 0.326 e. The number of nitrogens with one attached hydrogen (secondary N) is 1. The van der Waals surface area contributed by atoms with Crippen molar-refractivity contribution >= 4 is 11.9 Å². The van der Waals surface area contributed by atoms with Gasteiger partial charge in [-0.1, -0.05) is 38.3 Å². The molecule has 0 aliphatic rings. The lowest BCUT2D eigenvalue weighted by Gasteiger charge is -2.15. The molecule has 0 spiro atoms. The van der Waals surface area contributed by atoms with Crippen molar-refractivity contribution in [3.05, 3.63) is 12.2 Å². The molecule has 4 N–H and O–H groups in total. The van der Waals surface area contributed by atoms with E-state index in [2.05, 4.69) is 24.4 Å². The number of hydrogen-bond acceptors (Lipinski definition) is 4. The quantitative estimate of drug-likeness (QED) is 0.270. The second kappa shape index (κ2) is 15.1. The molecule has 0 heterocycles. The zero-order valence-corrected chi connectivity index (χ0v) is 14.7. The molecule has 0 saturated carbocycles. The highest BCUT2D eigenvalue weighted by Gasteiger charge is 2.20. The van der Waals surface area contributed by atoms with Crippen LogP contribution >= 0.6 is 0 Å². The molecule has 0 aromatic heterocycles. The summed E-state index contributed by atoms with van der Waals surface area (Å²) in [6, 6.07) is -1.11. The van der Waals surface area contributed by atoms with Crippen LogP contribution in [0.15, 0.2) is 12.2 Å². The summed E-state index contributed by atoms with van der Waals surface area (Å²) in [5, 5.41) is 29.8. The topological polar surface area (TPSA) is 107 Å². The van der Waals surface area contributed by atoms with Crippen LogP contribution < -0.4 is 5.32 Å². The van der Waals surface area contributed by atoms with E-state index in [1.807, 2.05) is 0 Å². The summed E-state index contributed by atoms with van der Waals surface area (Å²) >= 11 is 0. The maximum atomic E-state index is 11.7. The molecule has 0 aromatic rings. The predicted molar refractivity (Wildman–Crippen MR) is 93.6 cm³/mol. The molecule has 24 heavy (non-hydrogen) atoms. The Morgan fingerprint density at radius 2 is 1.71 bits per heavy atom. The lowest BCUT2D eigenvalue weighted by Crippen LogP contribution is -2.42. The number of aliphatic hydroxyl groups is 2. The van der Waals surface area contributed by atoms with Gasteiger partial charge in [-0.3, -0.25) is 4.79 Å². The molecule has 6 heteroatoms. The van der Waals surface area contributed by atoms with Crippen molar-refractivity contribution in [2.24, 2.45) is 0 Å². The normalized spacial score (nSPS) is 13.8. The monoisotopic (exact) mass is 343 g/mol. The molecule has 0 aliphatic heterocycles. The van der Waals surface area contributed by atoms with Crippen LogP contribution in [0.2, 0.25) is 0 Å². The highest BCUT2D eigenvalue weighted by atomic mass is 16.4. The van der Waals surface area contributed by atoms with E-state index in [0.29, 0.717) is 6.42 Å². The first-order chi connectivity index (χ1) is 11.5. The molecule has 0 fully saturated rings. The van der Waals surface area contributed by atoms with Crippen LogP contribution in [-0.4, -0.2) is 45.9 Å². The van der Waals surface area contributed by atoms with Crippen LogP contribution in [-0.2, 0) is 9.59 Å². The number of carbonyl (C=O) groups is 2. The molecule has 1 amide bonds. The number of carboxylic acid groups (broad SMARTS) is 1. The minimum Gasteiger partial charge on any atom is -0.480 e. The number of aliphatic hydroxyl groups excluding tert-OH is 2. The van der Waals surface area contributed by atoms with Crippen LogP contribution in [0.3, 0.4) is 0 Å². The van der Waals surface area contributed by atoms with E-state index in [9.17, 15) is 14.7 Å². The lowest BCUT2D eigenvalue weighted by molar-refractivity contribution is -0.142. The van der Waals surface area contributed by atoms with E-state index in [-0.39, 0.29) is 19.4 Å². The van der Waals surface area contributed by atoms with Gasteiger partial charge in [0.05, 0.1) is 12.5 Å². The van der Waals surface area contributed by atoms with Crippen molar-refractivity contribution in [3.63, 3.8) is 0 Å². The zero-order chi connectivity index (χ0) is 18.2. The van der Waals surface area contributed by atoms with E-state index < -0.39 is 24.0 Å². The largest absolute Gasteiger partial charge is 0.480 e. The number of aliphatic carboxylic acids is 1. The van der Waals surface area contributed by atoms with Gasteiger partial charge in [-0.2, -0.15) is 0 Å². The van der Waals surface area contributed by atoms with Crippen molar-refractivity contribution in [2.45, 2.75) is 83.3 Å². The van der Waals surface area contributed by atoms with E-state index in [1.54, 1.807) is 0 Å². The highest BCUT2D eigenvalue weighted by molar-refractivity contribution is 5.83. The fraction of sp³-hybridized carbons (Fsp3) is 0.778. The molecule has 0 aliphatic carbocycles. The van der Waals surface area contributed by atoms with Crippen LogP contribution in [0.1, 0.15) is 71.1 Å². The van der Waals surface area contributed by atoms with Gasteiger partial charge in [-0.05, 0) is 32.1 Å². The van der Waals surface area contributed by atoms with Crippen molar-refractivity contribution in [1.29, 1.82) is 0 Å². The van der Waals surface area contributed by atoms with Gasteiger partial charge < -0.3 is 20.6 Å². The molecule has 0 saturated heterocycles. The molecular weight excluding hydrogens is 310 g/mol. The Balaban J connectivity index is 3.77. The Bertz CT molecular complexity index is 370. The fourth-order valence-electron chi connectivity index (χ4n) is 2.35. The minimum atomic E-state index is -1.18. The summed E-state index contributed by atoms with van der Waals surface area (Å²) in [6.07, 6.45) is 11.6. The molecular formula is C18H33NO5. The predicted octanol–water partition coefficient (Wildman–Crippen LogP) is 2.39. The van der Waals surface area contributed by atoms with Gasteiger partial charge in [0.1, 0.15) is 6.04 Å². The standard InChI is InChI=1S/C18H33NO5/c1-2-3-4-5-6-7-8-9-10-11-15(21)14-17(22)19-16(12-13-20)18(23)24/h7-8,15-16,20-21H,2-6,9-14H2,1H3,(H,19,22)(H,23,24)/t15-,16?/m1/s1. The SMILES string of the molecule is CCCCCCC=CCCC[C@@H](O)CC(=O)NC(CCO)C(=O)O. The third kappa shape index (κ3) is 13.1. The Morgan fingerprint density at radius 3 is 2.29 bits per heavy atom. The molecule has 0 bridgehead atoms. The highest BCUT2D eigenvalue weighted by Crippen LogP contribution is 2.08. The summed E-state index contributed by atoms with van der Waals surface area (Å²) < 4.78 is 0. The van der Waals surface area contributed by atoms with Crippen LogP contribution in [0.4, 0.5) is 0 Å². The van der Waals surface area contributed by atoms with Crippen LogP contribution in [0.25, 0.3) is 0 Å². The van der Waals surface area contributed by atoms with E-state index in [1.165, 1.54) is 25.7 Å². The van der Waals surface area contributed by atoms with Gasteiger partial charge in [0.25, 0.3) is 0 Å². The molecule has 1 unspecified atom stereocenters. The molecule has 0 rings (SSSR count). The van der Waals surface area contributed by atoms with Gasteiger partial charge in [0.15, 0.2) is 0 Å². The summed E-state index contributed by atoms with van der Waals surface area (Å²) in [5.41, 5.74) is 0. The fourth-order valence-corrected chi connectivity index (χ4v) is 2.35. The van der Waals surface area contributed by atoms with Crippen molar-refractivity contribution < 1.29 is 24.9 Å². The molecule has 0 radical (unpaired) electrons. The maximum absolute atomic E-state index is 11.7. The van der Waals surface area contributed by atoms with Gasteiger partial charge in [-0.15, -0.1) is 0 Å². The number of carbonyl (C=O) groups excluding carboxylic acids is 1. The first-order valence-electron chi connectivity index (χ1n) is 8.97. The Kier molecular flexibility index (Phi) is 14.3. The number of carboxylic acids is 1. The summed E-state index contributed by atoms with van der Waals surface area (Å²) in [6.45, 7) is 1.88. The number of unbranched alkanes of at least 4 members (excludes halogenated alkanes) is 5. The van der Waals surface area contributed by atoms with Gasteiger partial charge in [-0.25, -0.2) is 4.79 Å². The number of hydrogen-bond donors (Lipinski definition) is 4. The lowest BCUT2D eigenvalue weighted by atomic mass is 10.1. The Morgan fingerprint density at radius 1 is 1.04 bits per heavy atom. The first-order valence-corrected chi connectivity index (χ1v) is 8.97. The third-order valence-corrected chi connectivity index (χ3v) is 3.77. The van der Waals surface area contributed by atoms with Crippen molar-refractivity contribution in [2.75, 3.05) is 6.61 Å². The average Bonchev–Trinajstić information content (AvgIpc) is 2.52. The zero-order valence-electron chi connectivity index (χ0n) is 14.7.